The zero-order valence-corrected chi connectivity index (χ0v) is 32.2. The Balaban J connectivity index is 1.13. The van der Waals surface area contributed by atoms with Crippen molar-refractivity contribution in [3.8, 4) is 39.9 Å². The largest absolute Gasteiger partial charge is 0.455 e. The average molecular weight is 771 g/mol. The first kappa shape index (κ1) is 32.4. The Hall–Kier alpha value is -7.67. The van der Waals surface area contributed by atoms with Crippen molar-refractivity contribution in [2.24, 2.45) is 0 Å². The van der Waals surface area contributed by atoms with Gasteiger partial charge in [0.1, 0.15) is 11.2 Å². The molecule has 0 bridgehead atoms. The van der Waals surface area contributed by atoms with E-state index in [0.29, 0.717) is 17.5 Å². The number of thiophene rings is 1. The van der Waals surface area contributed by atoms with Crippen molar-refractivity contribution in [2.75, 3.05) is 0 Å². The fraction of sp³-hybridized carbons (Fsp3) is 0. The number of benzene rings is 9. The minimum Gasteiger partial charge on any atom is -0.455 e. The van der Waals surface area contributed by atoms with Crippen molar-refractivity contribution in [3.63, 3.8) is 0 Å². The zero-order chi connectivity index (χ0) is 38.6. The molecule has 59 heavy (non-hydrogen) atoms. The smallest absolute Gasteiger partial charge is 0.167 e. The van der Waals surface area contributed by atoms with Gasteiger partial charge in [0, 0.05) is 58.5 Å². The molecule has 0 amide bonds. The number of para-hydroxylation sites is 3. The molecule has 0 fully saturated rings. The van der Waals surface area contributed by atoms with Crippen LogP contribution in [0.2, 0.25) is 0 Å². The topological polar surface area (TPSA) is 56.7 Å². The van der Waals surface area contributed by atoms with E-state index in [-0.39, 0.29) is 0 Å². The number of nitrogens with zero attached hydrogens (tertiary/aromatic N) is 4. The summed E-state index contributed by atoms with van der Waals surface area (Å²) in [6.07, 6.45) is 0. The van der Waals surface area contributed by atoms with Gasteiger partial charge in [-0.15, -0.1) is 11.3 Å². The minimum atomic E-state index is 0.564. The fourth-order valence-corrected chi connectivity index (χ4v) is 10.4. The molecule has 0 radical (unpaired) electrons. The van der Waals surface area contributed by atoms with E-state index in [1.54, 1.807) is 11.3 Å². The second kappa shape index (κ2) is 12.4. The number of aromatic nitrogens is 4. The van der Waals surface area contributed by atoms with Crippen LogP contribution in [0, 0.1) is 0 Å². The molecule has 0 atom stereocenters. The monoisotopic (exact) mass is 770 g/mol. The molecule has 13 aromatic rings. The molecular weight excluding hydrogens is 741 g/mol. The molecule has 9 aromatic carbocycles. The summed E-state index contributed by atoms with van der Waals surface area (Å²) in [6, 6.07) is 64.4. The summed E-state index contributed by atoms with van der Waals surface area (Å²) < 4.78 is 11.3. The van der Waals surface area contributed by atoms with E-state index in [0.717, 1.165) is 60.0 Å². The van der Waals surface area contributed by atoms with E-state index in [4.69, 9.17) is 19.4 Å². The third kappa shape index (κ3) is 4.81. The van der Waals surface area contributed by atoms with Crippen LogP contribution in [0.1, 0.15) is 0 Å². The Bertz CT molecular complexity index is 3860. The minimum absolute atomic E-state index is 0.564. The molecule has 0 aliphatic carbocycles. The fourth-order valence-electron chi connectivity index (χ4n) is 9.20. The highest BCUT2D eigenvalue weighted by Crippen LogP contribution is 2.45. The second-order valence-electron chi connectivity index (χ2n) is 15.1. The number of hydrogen-bond acceptors (Lipinski definition) is 5. The molecule has 0 aliphatic rings. The van der Waals surface area contributed by atoms with Crippen LogP contribution in [0.4, 0.5) is 0 Å². The standard InChI is InChI=1S/C53H30N4OS/c1-2-14-32(15-3-1)51-54-52(41-21-12-20-39-36-17-7-10-23-46(36)58-49(39)41)56-53(55-51)43-30-33(29-42-37-18-8-11-24-47(37)59-50(42)43)57-44-22-9-6-19-40(44)48-38-26-25-31-13-4-5-16-34(31)35(38)27-28-45(48)57/h1-30H. The van der Waals surface area contributed by atoms with E-state index in [1.807, 2.05) is 36.4 Å². The van der Waals surface area contributed by atoms with Gasteiger partial charge in [-0.1, -0.05) is 140 Å². The summed E-state index contributed by atoms with van der Waals surface area (Å²) in [5.74, 6) is 1.78. The van der Waals surface area contributed by atoms with Crippen LogP contribution in [0.3, 0.4) is 0 Å². The summed E-state index contributed by atoms with van der Waals surface area (Å²) in [4.78, 5) is 15.8. The van der Waals surface area contributed by atoms with Crippen LogP contribution >= 0.6 is 11.3 Å². The van der Waals surface area contributed by atoms with E-state index < -0.39 is 0 Å². The SMILES string of the molecule is c1ccc(-c2nc(-c3cccc4c3oc3ccccc34)nc(-c3cc(-n4c5ccccc5c5c6ccc7ccccc7c6ccc54)cc4c3sc3ccccc34)n2)cc1. The lowest BCUT2D eigenvalue weighted by Crippen LogP contribution is -2.01. The van der Waals surface area contributed by atoms with Gasteiger partial charge < -0.3 is 8.98 Å². The lowest BCUT2D eigenvalue weighted by Gasteiger charge is -2.13. The van der Waals surface area contributed by atoms with Crippen molar-refractivity contribution in [3.05, 3.63) is 182 Å². The average Bonchev–Trinajstić information content (AvgIpc) is 3.98. The molecule has 4 heterocycles. The van der Waals surface area contributed by atoms with E-state index in [1.165, 1.54) is 47.8 Å². The quantitative estimate of drug-likeness (QED) is 0.167. The molecule has 274 valence electrons. The van der Waals surface area contributed by atoms with Gasteiger partial charge in [-0.05, 0) is 64.0 Å². The molecule has 5 nitrogen and oxygen atoms in total. The first-order valence-electron chi connectivity index (χ1n) is 19.8. The van der Waals surface area contributed by atoms with Crippen molar-refractivity contribution in [1.82, 2.24) is 19.5 Å². The predicted molar refractivity (Wildman–Crippen MR) is 246 cm³/mol. The lowest BCUT2D eigenvalue weighted by atomic mass is 9.98. The van der Waals surface area contributed by atoms with Gasteiger partial charge in [0.05, 0.1) is 16.6 Å². The van der Waals surface area contributed by atoms with Gasteiger partial charge in [0.15, 0.2) is 17.5 Å². The van der Waals surface area contributed by atoms with Crippen LogP contribution < -0.4 is 0 Å². The van der Waals surface area contributed by atoms with Crippen LogP contribution in [-0.2, 0) is 0 Å². The Kier molecular flexibility index (Phi) is 6.82. The molecule has 0 aliphatic heterocycles. The molecule has 0 N–H and O–H groups in total. The van der Waals surface area contributed by atoms with Crippen molar-refractivity contribution in [1.29, 1.82) is 0 Å². The molecule has 0 spiro atoms. The van der Waals surface area contributed by atoms with Crippen molar-refractivity contribution >= 4 is 96.8 Å². The molecular formula is C53H30N4OS. The van der Waals surface area contributed by atoms with Crippen molar-refractivity contribution in [2.45, 2.75) is 0 Å². The van der Waals surface area contributed by atoms with Gasteiger partial charge in [-0.2, -0.15) is 0 Å². The van der Waals surface area contributed by atoms with Crippen LogP contribution in [0.25, 0.3) is 125 Å². The van der Waals surface area contributed by atoms with Crippen LogP contribution in [0.5, 0.6) is 0 Å². The Morgan fingerprint density at radius 1 is 0.424 bits per heavy atom. The maximum absolute atomic E-state index is 6.54. The van der Waals surface area contributed by atoms with E-state index in [9.17, 15) is 0 Å². The van der Waals surface area contributed by atoms with Crippen molar-refractivity contribution < 1.29 is 4.42 Å². The molecule has 13 rings (SSSR count). The summed E-state index contributed by atoms with van der Waals surface area (Å²) in [5.41, 5.74) is 7.63. The summed E-state index contributed by atoms with van der Waals surface area (Å²) in [5, 5.41) is 11.9. The third-order valence-corrected chi connectivity index (χ3v) is 13.1. The number of fused-ring (bicyclic) bond motifs is 13. The van der Waals surface area contributed by atoms with Gasteiger partial charge >= 0.3 is 0 Å². The Morgan fingerprint density at radius 2 is 1.12 bits per heavy atom. The number of rotatable bonds is 4. The van der Waals surface area contributed by atoms with Gasteiger partial charge in [0.25, 0.3) is 0 Å². The van der Waals surface area contributed by atoms with Gasteiger partial charge in [-0.3, -0.25) is 0 Å². The second-order valence-corrected chi connectivity index (χ2v) is 16.2. The first-order valence-corrected chi connectivity index (χ1v) is 20.6. The molecule has 0 saturated heterocycles. The zero-order valence-electron chi connectivity index (χ0n) is 31.4. The predicted octanol–water partition coefficient (Wildman–Crippen LogP) is 14.5. The highest BCUT2D eigenvalue weighted by atomic mass is 32.1. The normalized spacial score (nSPS) is 12.1. The maximum atomic E-state index is 6.54. The van der Waals surface area contributed by atoms with E-state index >= 15 is 0 Å². The Morgan fingerprint density at radius 3 is 2.02 bits per heavy atom. The maximum Gasteiger partial charge on any atom is 0.167 e. The summed E-state index contributed by atoms with van der Waals surface area (Å²) >= 11 is 1.78. The molecule has 0 saturated carbocycles. The van der Waals surface area contributed by atoms with Gasteiger partial charge in [-0.25, -0.2) is 15.0 Å². The van der Waals surface area contributed by atoms with Crippen LogP contribution in [0.15, 0.2) is 186 Å². The molecule has 0 unspecified atom stereocenters. The molecule has 4 aromatic heterocycles. The Labute approximate surface area is 341 Å². The lowest BCUT2D eigenvalue weighted by molar-refractivity contribution is 0.669. The first-order chi connectivity index (χ1) is 29.2. The highest BCUT2D eigenvalue weighted by Gasteiger charge is 2.23. The number of hydrogen-bond donors (Lipinski definition) is 0. The highest BCUT2D eigenvalue weighted by molar-refractivity contribution is 7.26. The summed E-state index contributed by atoms with van der Waals surface area (Å²) in [7, 11) is 0. The van der Waals surface area contributed by atoms with Crippen LogP contribution in [-0.4, -0.2) is 19.5 Å². The van der Waals surface area contributed by atoms with Gasteiger partial charge in [0.2, 0.25) is 0 Å². The molecule has 6 heteroatoms. The third-order valence-electron chi connectivity index (χ3n) is 11.8. The summed E-state index contributed by atoms with van der Waals surface area (Å²) in [6.45, 7) is 0. The van der Waals surface area contributed by atoms with E-state index in [2.05, 4.69) is 150 Å². The number of furan rings is 1.